The maximum Gasteiger partial charge on any atom is 0.0547 e. The molecule has 0 amide bonds. The van der Waals surface area contributed by atoms with Gasteiger partial charge in [-0.05, 0) is 115 Å². The number of para-hydroxylation sites is 2. The maximum absolute atomic E-state index is 2.42. The molecule has 0 spiro atoms. The predicted octanol–water partition coefficient (Wildman–Crippen LogP) is 14.7. The second-order valence-electron chi connectivity index (χ2n) is 14.9. The highest BCUT2D eigenvalue weighted by molar-refractivity contribution is 6.23. The molecule has 2 heteroatoms. The van der Waals surface area contributed by atoms with Crippen molar-refractivity contribution in [2.45, 2.75) is 0 Å². The van der Waals surface area contributed by atoms with Crippen LogP contribution in [0.25, 0.3) is 110 Å². The minimum absolute atomic E-state index is 1.16. The van der Waals surface area contributed by atoms with Crippen LogP contribution in [-0.2, 0) is 0 Å². The first kappa shape index (κ1) is 31.0. The van der Waals surface area contributed by atoms with E-state index in [1.54, 1.807) is 0 Å². The molecule has 56 heavy (non-hydrogen) atoms. The summed E-state index contributed by atoms with van der Waals surface area (Å²) in [7, 11) is 0. The van der Waals surface area contributed by atoms with E-state index in [4.69, 9.17) is 0 Å². The lowest BCUT2D eigenvalue weighted by atomic mass is 9.95. The molecule has 0 aliphatic heterocycles. The topological polar surface area (TPSA) is 9.86 Å². The molecule has 0 radical (unpaired) electrons. The molecule has 260 valence electrons. The first-order chi connectivity index (χ1) is 27.8. The summed E-state index contributed by atoms with van der Waals surface area (Å²) in [5, 5.41) is 12.7. The third-order valence-electron chi connectivity index (χ3n) is 11.9. The van der Waals surface area contributed by atoms with Crippen LogP contribution in [0, 0.1) is 0 Å². The maximum atomic E-state index is 2.42. The molecule has 12 rings (SSSR count). The summed E-state index contributed by atoms with van der Waals surface area (Å²) in [6.07, 6.45) is 0. The fourth-order valence-corrected chi connectivity index (χ4v) is 9.26. The lowest BCUT2D eigenvalue weighted by Crippen LogP contribution is -1.93. The van der Waals surface area contributed by atoms with Crippen LogP contribution in [0.3, 0.4) is 0 Å². The van der Waals surface area contributed by atoms with Crippen LogP contribution in [0.1, 0.15) is 0 Å². The highest BCUT2D eigenvalue weighted by Crippen LogP contribution is 2.41. The second kappa shape index (κ2) is 12.0. The Morgan fingerprint density at radius 2 is 0.696 bits per heavy atom. The molecule has 2 heterocycles. The molecule has 0 saturated heterocycles. The van der Waals surface area contributed by atoms with E-state index in [1.807, 2.05) is 0 Å². The van der Waals surface area contributed by atoms with Crippen molar-refractivity contribution in [1.29, 1.82) is 0 Å². The zero-order chi connectivity index (χ0) is 36.7. The van der Waals surface area contributed by atoms with Gasteiger partial charge in [0.25, 0.3) is 0 Å². The molecule has 0 N–H and O–H groups in total. The molecule has 2 nitrogen and oxygen atoms in total. The Labute approximate surface area is 323 Å². The molecule has 0 aliphatic carbocycles. The third kappa shape index (κ3) is 4.63. The van der Waals surface area contributed by atoms with Gasteiger partial charge in [-0.25, -0.2) is 0 Å². The number of aromatic nitrogens is 2. The van der Waals surface area contributed by atoms with Crippen molar-refractivity contribution in [1.82, 2.24) is 9.13 Å². The van der Waals surface area contributed by atoms with E-state index in [1.165, 1.54) is 104 Å². The van der Waals surface area contributed by atoms with E-state index in [0.29, 0.717) is 0 Å². The molecule has 12 aromatic rings. The summed E-state index contributed by atoms with van der Waals surface area (Å²) in [6.45, 7) is 0. The van der Waals surface area contributed by atoms with E-state index in [9.17, 15) is 0 Å². The Balaban J connectivity index is 0.977. The van der Waals surface area contributed by atoms with Crippen molar-refractivity contribution in [3.8, 4) is 33.6 Å². The highest BCUT2D eigenvalue weighted by atomic mass is 15.0. The van der Waals surface area contributed by atoms with Gasteiger partial charge in [0, 0.05) is 32.9 Å². The first-order valence-electron chi connectivity index (χ1n) is 19.3. The summed E-state index contributed by atoms with van der Waals surface area (Å²) in [6, 6.07) is 75.7. The van der Waals surface area contributed by atoms with Crippen molar-refractivity contribution < 1.29 is 0 Å². The van der Waals surface area contributed by atoms with Crippen molar-refractivity contribution in [2.24, 2.45) is 0 Å². The standard InChI is InChI=1S/C54H34N2/c1-2-10-35(11-3-1)37-18-25-43(26-19-37)55-49-16-8-6-14-47(49)53-45-28-21-39(32-41(45)23-30-51(53)55)40-22-29-46-42(33-40)24-31-52-54(46)48-15-7-9-17-50(48)56(52)44-27-20-36-12-4-5-13-38(36)34-44/h1-34H. The van der Waals surface area contributed by atoms with Crippen LogP contribution in [0.5, 0.6) is 0 Å². The molecule has 0 bridgehead atoms. The van der Waals surface area contributed by atoms with Crippen molar-refractivity contribution in [3.05, 3.63) is 206 Å². The molecule has 10 aromatic carbocycles. The Morgan fingerprint density at radius 1 is 0.232 bits per heavy atom. The SMILES string of the molecule is c1ccc(-c2ccc(-n3c4ccccc4c4c5ccc(-c6ccc7c(ccc8c7c7ccccc7n8-c7ccc8ccccc8c7)c6)cc5ccc43)cc2)cc1. The lowest BCUT2D eigenvalue weighted by Gasteiger charge is -2.11. The minimum atomic E-state index is 1.16. The Kier molecular flexibility index (Phi) is 6.66. The summed E-state index contributed by atoms with van der Waals surface area (Å²) in [5.41, 5.74) is 12.1. The summed E-state index contributed by atoms with van der Waals surface area (Å²) in [4.78, 5) is 0. The van der Waals surface area contributed by atoms with Gasteiger partial charge in [0.05, 0.1) is 22.1 Å². The smallest absolute Gasteiger partial charge is 0.0547 e. The molecule has 0 aliphatic rings. The van der Waals surface area contributed by atoms with Crippen LogP contribution >= 0.6 is 0 Å². The van der Waals surface area contributed by atoms with Gasteiger partial charge >= 0.3 is 0 Å². The molecule has 0 atom stereocenters. The summed E-state index contributed by atoms with van der Waals surface area (Å²) >= 11 is 0. The molecular formula is C54H34N2. The van der Waals surface area contributed by atoms with Crippen LogP contribution in [-0.4, -0.2) is 9.13 Å². The van der Waals surface area contributed by atoms with Crippen LogP contribution in [0.4, 0.5) is 0 Å². The number of hydrogen-bond donors (Lipinski definition) is 0. The normalized spacial score (nSPS) is 11.9. The lowest BCUT2D eigenvalue weighted by molar-refractivity contribution is 1.18. The van der Waals surface area contributed by atoms with Crippen LogP contribution in [0.2, 0.25) is 0 Å². The summed E-state index contributed by atoms with van der Waals surface area (Å²) in [5.74, 6) is 0. The predicted molar refractivity (Wildman–Crippen MR) is 239 cm³/mol. The average molecular weight is 711 g/mol. The van der Waals surface area contributed by atoms with Gasteiger partial charge < -0.3 is 9.13 Å². The molecule has 0 saturated carbocycles. The van der Waals surface area contributed by atoms with E-state index in [2.05, 4.69) is 215 Å². The average Bonchev–Trinajstić information content (AvgIpc) is 3.80. The van der Waals surface area contributed by atoms with Gasteiger partial charge in [0.2, 0.25) is 0 Å². The van der Waals surface area contributed by atoms with Crippen LogP contribution < -0.4 is 0 Å². The van der Waals surface area contributed by atoms with Crippen molar-refractivity contribution in [3.63, 3.8) is 0 Å². The van der Waals surface area contributed by atoms with Gasteiger partial charge in [0.15, 0.2) is 0 Å². The minimum Gasteiger partial charge on any atom is -0.309 e. The zero-order valence-corrected chi connectivity index (χ0v) is 30.5. The van der Waals surface area contributed by atoms with Crippen molar-refractivity contribution >= 4 is 75.9 Å². The van der Waals surface area contributed by atoms with Gasteiger partial charge in [0.1, 0.15) is 0 Å². The Bertz CT molecular complexity index is 3510. The number of hydrogen-bond acceptors (Lipinski definition) is 0. The monoisotopic (exact) mass is 710 g/mol. The Hall–Kier alpha value is -7.42. The number of benzene rings is 10. The quantitative estimate of drug-likeness (QED) is 0.172. The second-order valence-corrected chi connectivity index (χ2v) is 14.9. The molecule has 2 aromatic heterocycles. The molecular weight excluding hydrogens is 677 g/mol. The van der Waals surface area contributed by atoms with Crippen molar-refractivity contribution in [2.75, 3.05) is 0 Å². The van der Waals surface area contributed by atoms with Gasteiger partial charge in [-0.3, -0.25) is 0 Å². The van der Waals surface area contributed by atoms with E-state index >= 15 is 0 Å². The largest absolute Gasteiger partial charge is 0.309 e. The third-order valence-corrected chi connectivity index (χ3v) is 11.9. The fourth-order valence-electron chi connectivity index (χ4n) is 9.26. The number of fused-ring (bicyclic) bond motifs is 11. The molecule has 0 fully saturated rings. The fraction of sp³-hybridized carbons (Fsp3) is 0. The molecule has 0 unspecified atom stereocenters. The Morgan fingerprint density at radius 3 is 1.32 bits per heavy atom. The van der Waals surface area contributed by atoms with E-state index in [-0.39, 0.29) is 0 Å². The van der Waals surface area contributed by atoms with E-state index in [0.717, 1.165) is 5.69 Å². The number of nitrogens with zero attached hydrogens (tertiary/aromatic N) is 2. The van der Waals surface area contributed by atoms with Gasteiger partial charge in [-0.2, -0.15) is 0 Å². The zero-order valence-electron chi connectivity index (χ0n) is 30.5. The first-order valence-corrected chi connectivity index (χ1v) is 19.3. The number of rotatable bonds is 4. The van der Waals surface area contributed by atoms with Crippen LogP contribution in [0.15, 0.2) is 206 Å². The van der Waals surface area contributed by atoms with Gasteiger partial charge in [-0.15, -0.1) is 0 Å². The van der Waals surface area contributed by atoms with Gasteiger partial charge in [-0.1, -0.05) is 146 Å². The van der Waals surface area contributed by atoms with E-state index < -0.39 is 0 Å². The summed E-state index contributed by atoms with van der Waals surface area (Å²) < 4.78 is 4.83. The highest BCUT2D eigenvalue weighted by Gasteiger charge is 2.17.